The minimum atomic E-state index is -4.00. The van der Waals surface area contributed by atoms with E-state index >= 15 is 0 Å². The molecule has 0 bridgehead atoms. The Morgan fingerprint density at radius 3 is 2.72 bits per heavy atom. The normalized spacial score (nSPS) is 11.6. The first-order chi connectivity index (χ1) is 15.4. The number of hydrogen-bond acceptors (Lipinski definition) is 4. The van der Waals surface area contributed by atoms with Crippen molar-refractivity contribution in [1.29, 1.82) is 0 Å². The van der Waals surface area contributed by atoms with Crippen LogP contribution in [0.1, 0.15) is 5.56 Å². The number of pyridine rings is 2. The van der Waals surface area contributed by atoms with Gasteiger partial charge in [0.2, 0.25) is 0 Å². The van der Waals surface area contributed by atoms with E-state index in [1.165, 1.54) is 28.7 Å². The number of halogens is 3. The number of aryl methyl sites for hydroxylation is 2. The smallest absolute Gasteiger partial charge is 0.427 e. The van der Waals surface area contributed by atoms with Crippen molar-refractivity contribution < 1.29 is 27.6 Å². The van der Waals surface area contributed by atoms with Crippen LogP contribution in [-0.2, 0) is 13.0 Å². The first-order valence-electron chi connectivity index (χ1n) is 9.78. The predicted octanol–water partition coefficient (Wildman–Crippen LogP) is 3.54. The zero-order chi connectivity index (χ0) is 22.7. The molecule has 0 radical (unpaired) electrons. The summed E-state index contributed by atoms with van der Waals surface area (Å²) in [4.78, 5) is 17.2. The molecule has 3 heterocycles. The van der Waals surface area contributed by atoms with E-state index in [2.05, 4.69) is 9.72 Å². The Morgan fingerprint density at radius 2 is 1.97 bits per heavy atom. The van der Waals surface area contributed by atoms with Crippen LogP contribution in [0.25, 0.3) is 16.8 Å². The van der Waals surface area contributed by atoms with Gasteiger partial charge in [0.05, 0.1) is 12.7 Å². The third-order valence-electron chi connectivity index (χ3n) is 4.92. The van der Waals surface area contributed by atoms with Crippen LogP contribution < -0.4 is 14.9 Å². The predicted molar refractivity (Wildman–Crippen MR) is 110 cm³/mol. The molecule has 3 aromatic heterocycles. The van der Waals surface area contributed by atoms with E-state index in [1.807, 2.05) is 6.07 Å². The monoisotopic (exact) mass is 442 g/mol. The third kappa shape index (κ3) is 4.27. The van der Waals surface area contributed by atoms with Crippen molar-refractivity contribution in [1.82, 2.24) is 9.38 Å². The fourth-order valence-corrected chi connectivity index (χ4v) is 3.46. The summed E-state index contributed by atoms with van der Waals surface area (Å²) in [5.74, 6) is -0.650. The van der Waals surface area contributed by atoms with Crippen molar-refractivity contribution >= 4 is 5.65 Å². The van der Waals surface area contributed by atoms with Gasteiger partial charge >= 0.3 is 11.7 Å². The average molecular weight is 442 g/mol. The first-order valence-corrected chi connectivity index (χ1v) is 9.78. The molecule has 0 fully saturated rings. The molecular weight excluding hydrogens is 423 g/mol. The van der Waals surface area contributed by atoms with Crippen molar-refractivity contribution in [2.24, 2.45) is 0 Å². The third-order valence-corrected chi connectivity index (χ3v) is 4.92. The van der Waals surface area contributed by atoms with Crippen molar-refractivity contribution in [2.75, 3.05) is 6.67 Å². The van der Waals surface area contributed by atoms with Gasteiger partial charge in [0.1, 0.15) is 5.75 Å². The van der Waals surface area contributed by atoms with Crippen LogP contribution in [0.5, 0.6) is 11.6 Å². The SMILES string of the molecule is O=c1c(-c2cccc(OC(F)(F)CF)c2)c(O)[n+](CCc2cccnc2)c2ccccn12. The quantitative estimate of drug-likeness (QED) is 0.445. The lowest BCUT2D eigenvalue weighted by Gasteiger charge is -2.15. The van der Waals surface area contributed by atoms with Crippen molar-refractivity contribution in [3.05, 3.63) is 89.1 Å². The number of fused-ring (bicyclic) bond motifs is 1. The van der Waals surface area contributed by atoms with Crippen LogP contribution in [0.15, 0.2) is 78.0 Å². The fraction of sp³-hybridized carbons (Fsp3) is 0.174. The molecule has 0 spiro atoms. The molecule has 0 saturated heterocycles. The van der Waals surface area contributed by atoms with Gasteiger partial charge in [-0.3, -0.25) is 4.98 Å². The molecule has 0 atom stereocenters. The topological polar surface area (TPSA) is 67.7 Å². The maximum atomic E-state index is 13.3. The van der Waals surface area contributed by atoms with E-state index < -0.39 is 18.3 Å². The van der Waals surface area contributed by atoms with Crippen LogP contribution >= 0.6 is 0 Å². The molecule has 0 aliphatic heterocycles. The van der Waals surface area contributed by atoms with Gasteiger partial charge in [-0.2, -0.15) is 17.7 Å². The van der Waals surface area contributed by atoms with Gasteiger partial charge in [-0.05, 0) is 29.8 Å². The van der Waals surface area contributed by atoms with Gasteiger partial charge in [0.15, 0.2) is 12.2 Å². The Hall–Kier alpha value is -3.88. The molecule has 1 N–H and O–H groups in total. The number of rotatable bonds is 7. The van der Waals surface area contributed by atoms with Gasteiger partial charge in [0, 0.05) is 30.4 Å². The number of benzene rings is 1. The van der Waals surface area contributed by atoms with E-state index in [9.17, 15) is 23.1 Å². The standard InChI is InChI=1S/C23H18F3N3O3/c24-15-23(25,26)32-18-7-3-6-17(13-18)20-21(30)28-11-2-1-8-19(28)29(22(20)31)12-9-16-5-4-10-27-14-16/h1-8,10-11,13-14H,9,12,15H2/p+1. The highest BCUT2D eigenvalue weighted by molar-refractivity contribution is 5.68. The van der Waals surface area contributed by atoms with Gasteiger partial charge in [-0.15, -0.1) is 0 Å². The summed E-state index contributed by atoms with van der Waals surface area (Å²) in [6.07, 6.45) is 1.45. The number of aromatic nitrogens is 3. The number of aromatic hydroxyl groups is 1. The molecule has 0 amide bonds. The molecule has 0 saturated carbocycles. The molecule has 6 nitrogen and oxygen atoms in total. The molecule has 0 aliphatic rings. The lowest BCUT2D eigenvalue weighted by atomic mass is 10.1. The summed E-state index contributed by atoms with van der Waals surface area (Å²) in [5.41, 5.74) is 0.927. The average Bonchev–Trinajstić information content (AvgIpc) is 2.80. The molecule has 164 valence electrons. The molecular formula is C23H19F3N3O3+. The highest BCUT2D eigenvalue weighted by Gasteiger charge is 2.32. The highest BCUT2D eigenvalue weighted by atomic mass is 19.3. The van der Waals surface area contributed by atoms with Crippen molar-refractivity contribution in [3.63, 3.8) is 0 Å². The van der Waals surface area contributed by atoms with Gasteiger partial charge in [-0.25, -0.2) is 9.18 Å². The van der Waals surface area contributed by atoms with Gasteiger partial charge < -0.3 is 9.84 Å². The number of nitrogens with zero attached hydrogens (tertiary/aromatic N) is 3. The zero-order valence-electron chi connectivity index (χ0n) is 16.8. The largest absolute Gasteiger partial charge is 0.477 e. The first kappa shape index (κ1) is 21.4. The highest BCUT2D eigenvalue weighted by Crippen LogP contribution is 2.29. The van der Waals surface area contributed by atoms with Gasteiger partial charge in [0.25, 0.3) is 11.5 Å². The lowest BCUT2D eigenvalue weighted by molar-refractivity contribution is -0.679. The second-order valence-electron chi connectivity index (χ2n) is 7.10. The number of alkyl halides is 3. The van der Waals surface area contributed by atoms with Crippen molar-refractivity contribution in [3.8, 4) is 22.8 Å². The van der Waals surface area contributed by atoms with E-state index in [4.69, 9.17) is 0 Å². The number of ether oxygens (including phenoxy) is 1. The van der Waals surface area contributed by atoms with Crippen molar-refractivity contribution in [2.45, 2.75) is 19.1 Å². The fourth-order valence-electron chi connectivity index (χ4n) is 3.46. The van der Waals surface area contributed by atoms with Crippen LogP contribution in [0.4, 0.5) is 13.2 Å². The Morgan fingerprint density at radius 1 is 1.12 bits per heavy atom. The van der Waals surface area contributed by atoms with Crippen LogP contribution in [0, 0.1) is 0 Å². The Balaban J connectivity index is 1.83. The van der Waals surface area contributed by atoms with E-state index in [0.29, 0.717) is 18.6 Å². The zero-order valence-corrected chi connectivity index (χ0v) is 16.8. The maximum Gasteiger partial charge on any atom is 0.427 e. The van der Waals surface area contributed by atoms with Gasteiger partial charge in [-0.1, -0.05) is 24.3 Å². The summed E-state index contributed by atoms with van der Waals surface area (Å²) in [5, 5.41) is 11.1. The van der Waals surface area contributed by atoms with E-state index in [0.717, 1.165) is 5.56 Å². The second-order valence-corrected chi connectivity index (χ2v) is 7.10. The number of hydrogen-bond donors (Lipinski definition) is 1. The molecule has 4 rings (SSSR count). The van der Waals surface area contributed by atoms with E-state index in [-0.39, 0.29) is 22.8 Å². The Bertz CT molecular complexity index is 1310. The lowest BCUT2D eigenvalue weighted by Crippen LogP contribution is -2.41. The molecule has 32 heavy (non-hydrogen) atoms. The van der Waals surface area contributed by atoms with E-state index in [1.54, 1.807) is 47.4 Å². The molecule has 0 aliphatic carbocycles. The summed E-state index contributed by atoms with van der Waals surface area (Å²) in [6.45, 7) is -1.66. The van der Waals surface area contributed by atoms with Crippen LogP contribution in [0.2, 0.25) is 0 Å². The summed E-state index contributed by atoms with van der Waals surface area (Å²) in [7, 11) is 0. The Labute approximate surface area is 180 Å². The van der Waals surface area contributed by atoms with Crippen LogP contribution in [-0.4, -0.2) is 27.3 Å². The second kappa shape index (κ2) is 8.70. The summed E-state index contributed by atoms with van der Waals surface area (Å²) in [6, 6.07) is 14.1. The molecule has 9 heteroatoms. The van der Waals surface area contributed by atoms with Crippen LogP contribution in [0.3, 0.4) is 0 Å². The minimum absolute atomic E-state index is 0.0890. The summed E-state index contributed by atoms with van der Waals surface area (Å²) >= 11 is 0. The Kier molecular flexibility index (Phi) is 5.81. The molecule has 1 aromatic carbocycles. The molecule has 0 unspecified atom stereocenters. The summed E-state index contributed by atoms with van der Waals surface area (Å²) < 4.78 is 46.5. The maximum absolute atomic E-state index is 13.3. The minimum Gasteiger partial charge on any atom is -0.477 e. The molecule has 4 aromatic rings.